The van der Waals surface area contributed by atoms with Gasteiger partial charge in [-0.25, -0.2) is 0 Å². The summed E-state index contributed by atoms with van der Waals surface area (Å²) in [7, 11) is 0. The second kappa shape index (κ2) is 8.70. The molecule has 0 bridgehead atoms. The number of aryl methyl sites for hydroxylation is 1. The van der Waals surface area contributed by atoms with Crippen molar-refractivity contribution in [3.05, 3.63) is 87.8 Å². The van der Waals surface area contributed by atoms with E-state index < -0.39 is 0 Å². The Bertz CT molecular complexity index is 1200. The van der Waals surface area contributed by atoms with Gasteiger partial charge in [-0.15, -0.1) is 11.3 Å². The molecule has 0 aliphatic rings. The largest absolute Gasteiger partial charge is 0.493 e. The number of ether oxygens (including phenoxy) is 1. The molecule has 3 aromatic carbocycles. The molecule has 146 valence electrons. The molecule has 1 aromatic heterocycles. The SMILES string of the molecule is Cc1cc(OCCBr)cc(-c2ccccc2Cl)c1C(=O)c1csc2ccccc12. The van der Waals surface area contributed by atoms with Gasteiger partial charge < -0.3 is 4.74 Å². The van der Waals surface area contributed by atoms with Gasteiger partial charge in [-0.1, -0.05) is 63.9 Å². The number of thiophene rings is 1. The highest BCUT2D eigenvalue weighted by Gasteiger charge is 2.22. The fourth-order valence-electron chi connectivity index (χ4n) is 3.48. The second-order valence-corrected chi connectivity index (χ2v) is 8.77. The molecule has 0 saturated heterocycles. The summed E-state index contributed by atoms with van der Waals surface area (Å²) >= 11 is 11.5. The first-order chi connectivity index (χ1) is 14.1. The predicted molar refractivity (Wildman–Crippen MR) is 126 cm³/mol. The maximum atomic E-state index is 13.7. The minimum absolute atomic E-state index is 0.00177. The van der Waals surface area contributed by atoms with Crippen molar-refractivity contribution in [1.82, 2.24) is 0 Å². The standard InChI is InChI=1S/C24H18BrClO2S/c1-15-12-16(28-11-10-25)13-19(17-6-2-4-8-21(17)26)23(15)24(27)20-14-29-22-9-5-3-7-18(20)22/h2-9,12-14H,10-11H2,1H3. The molecule has 4 aromatic rings. The normalized spacial score (nSPS) is 11.0. The lowest BCUT2D eigenvalue weighted by atomic mass is 9.90. The van der Waals surface area contributed by atoms with Crippen LogP contribution in [0.4, 0.5) is 0 Å². The van der Waals surface area contributed by atoms with Gasteiger partial charge in [-0.05, 0) is 42.3 Å². The van der Waals surface area contributed by atoms with E-state index in [0.717, 1.165) is 43.4 Å². The van der Waals surface area contributed by atoms with Crippen molar-refractivity contribution in [3.8, 4) is 16.9 Å². The Morgan fingerprint density at radius 1 is 1.07 bits per heavy atom. The zero-order chi connectivity index (χ0) is 20.4. The maximum Gasteiger partial charge on any atom is 0.195 e. The lowest BCUT2D eigenvalue weighted by Crippen LogP contribution is -2.07. The van der Waals surface area contributed by atoms with Crippen molar-refractivity contribution in [2.45, 2.75) is 6.92 Å². The van der Waals surface area contributed by atoms with E-state index in [4.69, 9.17) is 16.3 Å². The van der Waals surface area contributed by atoms with Crippen molar-refractivity contribution in [1.29, 1.82) is 0 Å². The first kappa shape index (κ1) is 20.1. The molecule has 0 unspecified atom stereocenters. The van der Waals surface area contributed by atoms with Crippen molar-refractivity contribution in [3.63, 3.8) is 0 Å². The van der Waals surface area contributed by atoms with Gasteiger partial charge in [0.2, 0.25) is 0 Å². The average Bonchev–Trinajstić information content (AvgIpc) is 3.16. The van der Waals surface area contributed by atoms with Crippen LogP contribution in [-0.2, 0) is 0 Å². The number of fused-ring (bicyclic) bond motifs is 1. The summed E-state index contributed by atoms with van der Waals surface area (Å²) in [6.45, 7) is 2.49. The smallest absolute Gasteiger partial charge is 0.195 e. The molecule has 0 aliphatic heterocycles. The molecule has 0 radical (unpaired) electrons. The highest BCUT2D eigenvalue weighted by molar-refractivity contribution is 9.09. The van der Waals surface area contributed by atoms with Crippen molar-refractivity contribution < 1.29 is 9.53 Å². The monoisotopic (exact) mass is 484 g/mol. The van der Waals surface area contributed by atoms with Crippen molar-refractivity contribution in [2.75, 3.05) is 11.9 Å². The second-order valence-electron chi connectivity index (χ2n) is 6.65. The molecule has 4 rings (SSSR count). The Morgan fingerprint density at radius 3 is 2.62 bits per heavy atom. The zero-order valence-corrected chi connectivity index (χ0v) is 18.9. The van der Waals surface area contributed by atoms with Gasteiger partial charge >= 0.3 is 0 Å². The minimum atomic E-state index is 0.00177. The van der Waals surface area contributed by atoms with Gasteiger partial charge in [-0.2, -0.15) is 0 Å². The van der Waals surface area contributed by atoms with Crippen LogP contribution in [0.1, 0.15) is 21.5 Å². The number of hydrogen-bond donors (Lipinski definition) is 0. The molecule has 0 spiro atoms. The molecule has 1 heterocycles. The number of carbonyl (C=O) groups excluding carboxylic acids is 1. The van der Waals surface area contributed by atoms with Crippen LogP contribution in [-0.4, -0.2) is 17.7 Å². The van der Waals surface area contributed by atoms with Crippen LogP contribution in [0.15, 0.2) is 66.0 Å². The Morgan fingerprint density at radius 2 is 1.83 bits per heavy atom. The molecule has 0 fully saturated rings. The number of halogens is 2. The summed E-state index contributed by atoms with van der Waals surface area (Å²) < 4.78 is 6.94. The number of benzene rings is 3. The third kappa shape index (κ3) is 3.97. The van der Waals surface area contributed by atoms with Gasteiger partial charge in [-0.3, -0.25) is 4.79 Å². The number of rotatable bonds is 6. The summed E-state index contributed by atoms with van der Waals surface area (Å²) in [6, 6.07) is 19.4. The Hall–Kier alpha value is -2.14. The average molecular weight is 486 g/mol. The summed E-state index contributed by atoms with van der Waals surface area (Å²) in [5.41, 5.74) is 3.86. The number of carbonyl (C=O) groups is 1. The van der Waals surface area contributed by atoms with Crippen molar-refractivity contribution >= 4 is 54.7 Å². The van der Waals surface area contributed by atoms with Gasteiger partial charge in [0, 0.05) is 42.5 Å². The lowest BCUT2D eigenvalue weighted by Gasteiger charge is -2.16. The molecular formula is C24H18BrClO2S. The fraction of sp³-hybridized carbons (Fsp3) is 0.125. The van der Waals surface area contributed by atoms with Crippen LogP contribution in [0.5, 0.6) is 5.75 Å². The first-order valence-electron chi connectivity index (χ1n) is 9.19. The van der Waals surface area contributed by atoms with E-state index in [0.29, 0.717) is 17.2 Å². The van der Waals surface area contributed by atoms with Crippen molar-refractivity contribution in [2.24, 2.45) is 0 Å². The summed E-state index contributed by atoms with van der Waals surface area (Å²) in [5, 5.41) is 4.26. The van der Waals surface area contributed by atoms with Gasteiger partial charge in [0.15, 0.2) is 5.78 Å². The van der Waals surface area contributed by atoms with Gasteiger partial charge in [0.25, 0.3) is 0 Å². The maximum absolute atomic E-state index is 13.7. The summed E-state index contributed by atoms with van der Waals surface area (Å²) in [6.07, 6.45) is 0. The molecule has 0 saturated carbocycles. The van der Waals surface area contributed by atoms with E-state index in [-0.39, 0.29) is 5.78 Å². The molecule has 0 atom stereocenters. The summed E-state index contributed by atoms with van der Waals surface area (Å²) in [5.74, 6) is 0.727. The zero-order valence-electron chi connectivity index (χ0n) is 15.7. The quantitative estimate of drug-likeness (QED) is 0.208. The Kier molecular flexibility index (Phi) is 6.04. The highest BCUT2D eigenvalue weighted by atomic mass is 79.9. The topological polar surface area (TPSA) is 26.3 Å². The van der Waals surface area contributed by atoms with Crippen LogP contribution < -0.4 is 4.74 Å². The molecular weight excluding hydrogens is 468 g/mol. The van der Waals surface area contributed by atoms with E-state index in [1.165, 1.54) is 0 Å². The van der Waals surface area contributed by atoms with Crippen LogP contribution in [0.2, 0.25) is 5.02 Å². The fourth-order valence-corrected chi connectivity index (χ4v) is 4.82. The summed E-state index contributed by atoms with van der Waals surface area (Å²) in [4.78, 5) is 13.7. The van der Waals surface area contributed by atoms with Gasteiger partial charge in [0.1, 0.15) is 5.75 Å². The van der Waals surface area contributed by atoms with Crippen LogP contribution >= 0.6 is 38.9 Å². The predicted octanol–water partition coefficient (Wildman–Crippen LogP) is 7.53. The molecule has 0 amide bonds. The first-order valence-corrected chi connectivity index (χ1v) is 11.6. The van der Waals surface area contributed by atoms with Crippen LogP contribution in [0.3, 0.4) is 0 Å². The third-order valence-corrected chi connectivity index (χ3v) is 6.39. The minimum Gasteiger partial charge on any atom is -0.493 e. The van der Waals surface area contributed by atoms with E-state index in [1.54, 1.807) is 11.3 Å². The molecule has 5 heteroatoms. The molecule has 0 aliphatic carbocycles. The Labute approximate surface area is 187 Å². The number of ketones is 1. The van der Waals surface area contributed by atoms with Crippen LogP contribution in [0.25, 0.3) is 21.2 Å². The third-order valence-electron chi connectivity index (χ3n) is 4.77. The number of alkyl halides is 1. The molecule has 0 N–H and O–H groups in total. The van der Waals surface area contributed by atoms with E-state index in [1.807, 2.05) is 73.0 Å². The molecule has 2 nitrogen and oxygen atoms in total. The Balaban J connectivity index is 1.92. The van der Waals surface area contributed by atoms with E-state index in [9.17, 15) is 4.79 Å². The molecule has 29 heavy (non-hydrogen) atoms. The van der Waals surface area contributed by atoms with Crippen LogP contribution in [0, 0.1) is 6.92 Å². The highest BCUT2D eigenvalue weighted by Crippen LogP contribution is 2.38. The number of hydrogen-bond acceptors (Lipinski definition) is 3. The van der Waals surface area contributed by atoms with E-state index >= 15 is 0 Å². The van der Waals surface area contributed by atoms with Gasteiger partial charge in [0.05, 0.1) is 6.61 Å². The van der Waals surface area contributed by atoms with E-state index in [2.05, 4.69) is 15.9 Å². The lowest BCUT2D eigenvalue weighted by molar-refractivity contribution is 0.104.